The molecule has 2 heterocycles. The summed E-state index contributed by atoms with van der Waals surface area (Å²) in [5, 5.41) is 9.34. The Morgan fingerprint density at radius 1 is 1.14 bits per heavy atom. The van der Waals surface area contributed by atoms with Gasteiger partial charge in [-0.2, -0.15) is 0 Å². The molecule has 3 nitrogen and oxygen atoms in total. The minimum absolute atomic E-state index is 0.362. The predicted molar refractivity (Wildman–Crippen MR) is 86.7 cm³/mol. The minimum Gasteiger partial charge on any atom is -0.508 e. The summed E-state index contributed by atoms with van der Waals surface area (Å²) in [7, 11) is 0. The van der Waals surface area contributed by atoms with Crippen molar-refractivity contribution in [3.8, 4) is 5.75 Å². The fourth-order valence-electron chi connectivity index (χ4n) is 3.86. The van der Waals surface area contributed by atoms with Crippen LogP contribution in [-0.2, 0) is 6.42 Å². The van der Waals surface area contributed by atoms with E-state index < -0.39 is 0 Å². The number of aryl methyl sites for hydroxylation is 1. The van der Waals surface area contributed by atoms with Crippen molar-refractivity contribution in [3.05, 3.63) is 29.8 Å². The van der Waals surface area contributed by atoms with Gasteiger partial charge in [-0.1, -0.05) is 12.1 Å². The highest BCUT2D eigenvalue weighted by Crippen LogP contribution is 2.23. The zero-order chi connectivity index (χ0) is 14.7. The van der Waals surface area contributed by atoms with Gasteiger partial charge >= 0.3 is 0 Å². The molecule has 116 valence electrons. The van der Waals surface area contributed by atoms with Crippen LogP contribution in [0.5, 0.6) is 5.75 Å². The number of hydrogen-bond donors (Lipinski definition) is 1. The molecule has 0 amide bonds. The molecule has 1 aromatic rings. The summed E-state index contributed by atoms with van der Waals surface area (Å²) < 4.78 is 0. The quantitative estimate of drug-likeness (QED) is 0.923. The van der Waals surface area contributed by atoms with E-state index >= 15 is 0 Å². The molecule has 0 aliphatic carbocycles. The highest BCUT2D eigenvalue weighted by atomic mass is 16.3. The van der Waals surface area contributed by atoms with Crippen molar-refractivity contribution in [3.63, 3.8) is 0 Å². The molecule has 1 aromatic carbocycles. The van der Waals surface area contributed by atoms with Crippen molar-refractivity contribution in [1.29, 1.82) is 0 Å². The van der Waals surface area contributed by atoms with Crippen LogP contribution in [0.2, 0.25) is 0 Å². The maximum atomic E-state index is 9.34. The molecular formula is C18H28N2O. The summed E-state index contributed by atoms with van der Waals surface area (Å²) in [6.07, 6.45) is 6.41. The summed E-state index contributed by atoms with van der Waals surface area (Å²) in [5.74, 6) is 0.362. The van der Waals surface area contributed by atoms with Crippen LogP contribution in [0.4, 0.5) is 0 Å². The SMILES string of the molecule is CC(CCc1ccc(O)cc1)N1CCCN2CCCC2C1. The fraction of sp³-hybridized carbons (Fsp3) is 0.667. The first-order valence-electron chi connectivity index (χ1n) is 8.48. The van der Waals surface area contributed by atoms with Crippen molar-refractivity contribution in [2.24, 2.45) is 0 Å². The van der Waals surface area contributed by atoms with Gasteiger partial charge in [-0.25, -0.2) is 0 Å². The van der Waals surface area contributed by atoms with E-state index in [0.29, 0.717) is 11.8 Å². The Morgan fingerprint density at radius 2 is 1.90 bits per heavy atom. The molecule has 0 bridgehead atoms. The molecule has 2 fully saturated rings. The number of phenolic OH excluding ortho intramolecular Hbond substituents is 1. The van der Waals surface area contributed by atoms with Gasteiger partial charge in [-0.15, -0.1) is 0 Å². The van der Waals surface area contributed by atoms with Crippen molar-refractivity contribution in [2.45, 2.75) is 51.1 Å². The van der Waals surface area contributed by atoms with Crippen LogP contribution in [0.3, 0.4) is 0 Å². The molecular weight excluding hydrogens is 260 g/mol. The van der Waals surface area contributed by atoms with Crippen LogP contribution in [0.1, 0.15) is 38.2 Å². The lowest BCUT2D eigenvalue weighted by Gasteiger charge is -2.30. The smallest absolute Gasteiger partial charge is 0.115 e. The van der Waals surface area contributed by atoms with E-state index in [4.69, 9.17) is 0 Å². The lowest BCUT2D eigenvalue weighted by molar-refractivity contribution is 0.175. The van der Waals surface area contributed by atoms with Crippen LogP contribution in [0, 0.1) is 0 Å². The molecule has 1 N–H and O–H groups in total. The molecule has 0 radical (unpaired) electrons. The molecule has 21 heavy (non-hydrogen) atoms. The third-order valence-corrected chi connectivity index (χ3v) is 5.25. The number of fused-ring (bicyclic) bond motifs is 1. The number of aromatic hydroxyl groups is 1. The molecule has 3 rings (SSSR count). The topological polar surface area (TPSA) is 26.7 Å². The first-order chi connectivity index (χ1) is 10.2. The normalized spacial score (nSPS) is 25.5. The molecule has 0 saturated carbocycles. The van der Waals surface area contributed by atoms with Crippen LogP contribution in [0.25, 0.3) is 0 Å². The molecule has 2 atom stereocenters. The molecule has 2 unspecified atom stereocenters. The van der Waals surface area contributed by atoms with Gasteiger partial charge in [-0.05, 0) is 76.4 Å². The van der Waals surface area contributed by atoms with E-state index in [1.165, 1.54) is 57.4 Å². The van der Waals surface area contributed by atoms with E-state index in [-0.39, 0.29) is 0 Å². The predicted octanol–water partition coefficient (Wildman–Crippen LogP) is 2.88. The van der Waals surface area contributed by atoms with Gasteiger partial charge in [-0.3, -0.25) is 9.80 Å². The number of rotatable bonds is 4. The van der Waals surface area contributed by atoms with E-state index in [2.05, 4.69) is 16.7 Å². The standard InChI is InChI=1S/C18H28N2O/c1-15(5-6-16-7-9-18(21)10-8-16)20-13-3-12-19-11-2-4-17(19)14-20/h7-10,15,17,21H,2-6,11-14H2,1H3. The molecule has 2 aliphatic heterocycles. The van der Waals surface area contributed by atoms with Crippen molar-refractivity contribution >= 4 is 0 Å². The summed E-state index contributed by atoms with van der Waals surface area (Å²) in [6.45, 7) is 7.51. The van der Waals surface area contributed by atoms with E-state index in [9.17, 15) is 5.11 Å². The highest BCUT2D eigenvalue weighted by Gasteiger charge is 2.30. The summed E-state index contributed by atoms with van der Waals surface area (Å²) in [5.41, 5.74) is 1.33. The summed E-state index contributed by atoms with van der Waals surface area (Å²) in [4.78, 5) is 5.41. The molecule has 0 aromatic heterocycles. The maximum absolute atomic E-state index is 9.34. The van der Waals surface area contributed by atoms with Gasteiger partial charge < -0.3 is 5.11 Å². The number of hydrogen-bond acceptors (Lipinski definition) is 3. The van der Waals surface area contributed by atoms with Crippen LogP contribution in [0.15, 0.2) is 24.3 Å². The first kappa shape index (κ1) is 14.9. The fourth-order valence-corrected chi connectivity index (χ4v) is 3.86. The number of nitrogens with zero attached hydrogens (tertiary/aromatic N) is 2. The minimum atomic E-state index is 0.362. The first-order valence-corrected chi connectivity index (χ1v) is 8.48. The number of phenols is 1. The Morgan fingerprint density at radius 3 is 2.71 bits per heavy atom. The van der Waals surface area contributed by atoms with Crippen LogP contribution in [-0.4, -0.2) is 53.2 Å². The average molecular weight is 288 g/mol. The van der Waals surface area contributed by atoms with Gasteiger partial charge in [0.25, 0.3) is 0 Å². The largest absolute Gasteiger partial charge is 0.508 e. The van der Waals surface area contributed by atoms with Crippen molar-refractivity contribution < 1.29 is 5.11 Å². The zero-order valence-corrected chi connectivity index (χ0v) is 13.2. The van der Waals surface area contributed by atoms with Gasteiger partial charge in [0, 0.05) is 18.6 Å². The maximum Gasteiger partial charge on any atom is 0.115 e. The third-order valence-electron chi connectivity index (χ3n) is 5.25. The lowest BCUT2D eigenvalue weighted by Crippen LogP contribution is -2.41. The van der Waals surface area contributed by atoms with Crippen LogP contribution >= 0.6 is 0 Å². The monoisotopic (exact) mass is 288 g/mol. The lowest BCUT2D eigenvalue weighted by atomic mass is 10.0. The van der Waals surface area contributed by atoms with E-state index in [0.717, 1.165) is 12.5 Å². The molecule has 3 heteroatoms. The number of benzene rings is 1. The molecule has 2 saturated heterocycles. The van der Waals surface area contributed by atoms with E-state index in [1.807, 2.05) is 12.1 Å². The van der Waals surface area contributed by atoms with Crippen molar-refractivity contribution in [1.82, 2.24) is 9.80 Å². The molecule has 2 aliphatic rings. The molecule has 0 spiro atoms. The second-order valence-corrected chi connectivity index (χ2v) is 6.73. The Balaban J connectivity index is 1.52. The summed E-state index contributed by atoms with van der Waals surface area (Å²) >= 11 is 0. The third kappa shape index (κ3) is 3.78. The van der Waals surface area contributed by atoms with Gasteiger partial charge in [0.05, 0.1) is 0 Å². The van der Waals surface area contributed by atoms with Crippen LogP contribution < -0.4 is 0 Å². The van der Waals surface area contributed by atoms with Gasteiger partial charge in [0.15, 0.2) is 0 Å². The Kier molecular flexibility index (Phi) is 4.81. The highest BCUT2D eigenvalue weighted by molar-refractivity contribution is 5.25. The van der Waals surface area contributed by atoms with Crippen molar-refractivity contribution in [2.75, 3.05) is 26.2 Å². The Bertz CT molecular complexity index is 445. The Hall–Kier alpha value is -1.06. The second kappa shape index (κ2) is 6.80. The summed E-state index contributed by atoms with van der Waals surface area (Å²) in [6, 6.07) is 9.14. The zero-order valence-electron chi connectivity index (χ0n) is 13.2. The second-order valence-electron chi connectivity index (χ2n) is 6.73. The average Bonchev–Trinajstić information content (AvgIpc) is 2.83. The van der Waals surface area contributed by atoms with Gasteiger partial charge in [0.2, 0.25) is 0 Å². The Labute approximate surface area is 128 Å². The van der Waals surface area contributed by atoms with E-state index in [1.54, 1.807) is 12.1 Å². The van der Waals surface area contributed by atoms with Gasteiger partial charge in [0.1, 0.15) is 5.75 Å².